The molecule has 36 heteroatoms. The Balaban J connectivity index is 0.00000600. The summed E-state index contributed by atoms with van der Waals surface area (Å²) in [5.74, 6) is -2.27. The Morgan fingerprint density at radius 3 is 1.45 bits per heavy atom. The fourth-order valence-corrected chi connectivity index (χ4v) is 6.99. The third kappa shape index (κ3) is 15.5. The third-order valence-corrected chi connectivity index (χ3v) is 10.0. The number of carboxylic acid groups (broad SMARTS) is 1. The molecule has 10 N–H and O–H groups in total. The molecule has 0 bridgehead atoms. The predicted octanol–water partition coefficient (Wildman–Crippen LogP) is -20.2. The summed E-state index contributed by atoms with van der Waals surface area (Å²) in [5, 5.41) is 107. The van der Waals surface area contributed by atoms with E-state index in [0.717, 1.165) is 6.92 Å². The van der Waals surface area contributed by atoms with Gasteiger partial charge >= 0.3 is 99.1 Å². The maximum Gasteiger partial charge on any atom is 1.00 e. The van der Waals surface area contributed by atoms with E-state index in [0.29, 0.717) is 0 Å². The van der Waals surface area contributed by atoms with Crippen LogP contribution in [-0.4, -0.2) is 227 Å². The van der Waals surface area contributed by atoms with Gasteiger partial charge in [-0.25, -0.2) is 21.0 Å². The molecule has 4 rings (SSSR count). The standard InChI is InChI=1S/C24H40O30S3.3Na/c1-4-7(25)17(54-57(42,43)44)15(33)24(47-4)53-22-13(31)10(28)16(6(49-22)3-46-56(39,40)41)50-23-14(32)11(29)18(19(52-23)20(34)35)51-21-12(30)9(27)8(26)5(48-21)2-45-55(36,37)38;;;/h4-19,21-33H,2-3H2,1H3,(H,34,35)(H,36,37,38)(H,39,40,41)(H,42,43,44);;;/q;3*+1/p-3/t4-,5+,6+,7-,8+,9-,10+,11+,12+,13+,14+,15+,16+,17+,18-,19-,21-,22-,23+,24-;;;/m0.../s1. The Morgan fingerprint density at radius 2 is 0.950 bits per heavy atom. The Labute approximate surface area is 405 Å². The Kier molecular flexibility index (Phi) is 23.7. The van der Waals surface area contributed by atoms with Crippen molar-refractivity contribution in [1.82, 2.24) is 0 Å². The number of aliphatic hydroxyl groups is 9. The monoisotopic (exact) mass is 970 g/mol. The normalized spacial score (nSPS) is 42.8. The maximum absolute atomic E-state index is 12.1. The van der Waals surface area contributed by atoms with Gasteiger partial charge in [-0.2, -0.15) is 8.42 Å². The van der Waals surface area contributed by atoms with Gasteiger partial charge in [0.05, 0.1) is 25.3 Å². The molecule has 0 aromatic carbocycles. The van der Waals surface area contributed by atoms with E-state index in [9.17, 15) is 90.2 Å². The van der Waals surface area contributed by atoms with Crippen LogP contribution < -0.4 is 93.8 Å². The van der Waals surface area contributed by atoms with Gasteiger partial charge in [-0.1, -0.05) is 0 Å². The zero-order chi connectivity index (χ0) is 43.1. The van der Waals surface area contributed by atoms with Crippen LogP contribution in [0, 0.1) is 0 Å². The summed E-state index contributed by atoms with van der Waals surface area (Å²) in [6.07, 6.45) is -45.0. The second-order valence-corrected chi connectivity index (χ2v) is 15.8. The van der Waals surface area contributed by atoms with Gasteiger partial charge in [0.1, 0.15) is 91.6 Å². The maximum atomic E-state index is 12.1. The van der Waals surface area contributed by atoms with Crippen molar-refractivity contribution in [2.75, 3.05) is 13.2 Å². The number of aliphatic carboxylic acids is 1. The van der Waals surface area contributed by atoms with Crippen molar-refractivity contribution >= 4 is 37.2 Å². The Hall–Kier alpha value is 1.44. The molecule has 0 unspecified atom stereocenters. The van der Waals surface area contributed by atoms with E-state index in [1.165, 1.54) is 0 Å². The minimum Gasteiger partial charge on any atom is -0.726 e. The first-order valence-corrected chi connectivity index (χ1v) is 19.9. The SMILES string of the molecule is C[C@@H]1O[C@@H](O[C@@H]2O[C@H](COS(=O)(=O)[O-])[C@@H](O[C@@H]3O[C@H](C(=O)[O-])[C@@H](O[C@@H]4O[C@H](COS(=O)(=O)[O-])[C@@H](O)[C@H](O)[C@H]4O)[C@H](O)[C@H]3O)[C@H](O)[C@H]2O)[C@H](O)[C@H](OS(=O)(=O)O)[C@H]1O.[Na+].[Na+].[Na+]. The molecule has 0 aromatic heterocycles. The van der Waals surface area contributed by atoms with Crippen LogP contribution in [0.5, 0.6) is 0 Å². The summed E-state index contributed by atoms with van der Waals surface area (Å²) in [5.41, 5.74) is 0. The van der Waals surface area contributed by atoms with Crippen molar-refractivity contribution in [3.05, 3.63) is 0 Å². The molecule has 4 saturated heterocycles. The van der Waals surface area contributed by atoms with Gasteiger partial charge < -0.3 is 98.1 Å². The average Bonchev–Trinajstić information content (AvgIpc) is 3.09. The van der Waals surface area contributed by atoms with Gasteiger partial charge in [-0.15, -0.1) is 0 Å². The largest absolute Gasteiger partial charge is 1.00 e. The van der Waals surface area contributed by atoms with Gasteiger partial charge in [0, 0.05) is 0 Å². The fourth-order valence-electron chi connectivity index (χ4n) is 5.88. The molecule has 30 nitrogen and oxygen atoms in total. The third-order valence-electron chi connectivity index (χ3n) is 8.70. The zero-order valence-electron chi connectivity index (χ0n) is 31.3. The fraction of sp³-hybridized carbons (Fsp3) is 0.958. The van der Waals surface area contributed by atoms with E-state index in [2.05, 4.69) is 12.5 Å². The summed E-state index contributed by atoms with van der Waals surface area (Å²) in [6.45, 7) is -1.60. The van der Waals surface area contributed by atoms with Gasteiger partial charge in [-0.3, -0.25) is 12.9 Å². The van der Waals surface area contributed by atoms with E-state index in [1.807, 2.05) is 0 Å². The summed E-state index contributed by atoms with van der Waals surface area (Å²) in [7, 11) is -16.3. The molecule has 4 aliphatic rings. The van der Waals surface area contributed by atoms with Crippen molar-refractivity contribution in [2.24, 2.45) is 0 Å². The van der Waals surface area contributed by atoms with E-state index in [-0.39, 0.29) is 88.7 Å². The van der Waals surface area contributed by atoms with Crippen molar-refractivity contribution in [1.29, 1.82) is 0 Å². The minimum absolute atomic E-state index is 0. The van der Waals surface area contributed by atoms with Crippen LogP contribution >= 0.6 is 0 Å². The second-order valence-electron chi connectivity index (χ2n) is 12.7. The summed E-state index contributed by atoms with van der Waals surface area (Å²) in [6, 6.07) is 0. The van der Waals surface area contributed by atoms with Gasteiger partial charge in [0.2, 0.25) is 20.8 Å². The molecule has 0 amide bonds. The van der Waals surface area contributed by atoms with Gasteiger partial charge in [-0.05, 0) is 6.92 Å². The summed E-state index contributed by atoms with van der Waals surface area (Å²) in [4.78, 5) is 12.1. The van der Waals surface area contributed by atoms with Crippen molar-refractivity contribution < 1.29 is 229 Å². The van der Waals surface area contributed by atoms with Crippen LogP contribution in [0.1, 0.15) is 6.92 Å². The molecule has 334 valence electrons. The Morgan fingerprint density at radius 1 is 0.533 bits per heavy atom. The first-order chi connectivity index (χ1) is 26.1. The van der Waals surface area contributed by atoms with Crippen molar-refractivity contribution in [2.45, 2.75) is 130 Å². The molecule has 4 fully saturated rings. The number of aliphatic hydroxyl groups excluding tert-OH is 9. The molecule has 60 heavy (non-hydrogen) atoms. The van der Waals surface area contributed by atoms with E-state index < -0.39 is 173 Å². The number of hydrogen-bond donors (Lipinski definition) is 10. The number of hydrogen-bond acceptors (Lipinski definition) is 29. The minimum atomic E-state index is -5.59. The zero-order valence-corrected chi connectivity index (χ0v) is 39.8. The van der Waals surface area contributed by atoms with Crippen LogP contribution in [0.25, 0.3) is 0 Å². The van der Waals surface area contributed by atoms with E-state index in [1.54, 1.807) is 0 Å². The molecule has 0 aromatic rings. The number of carboxylic acids is 1. The van der Waals surface area contributed by atoms with Gasteiger partial charge in [0.15, 0.2) is 25.2 Å². The number of carbonyl (C=O) groups excluding carboxylic acids is 1. The van der Waals surface area contributed by atoms with Crippen LogP contribution in [-0.2, 0) is 81.7 Å². The quantitative estimate of drug-likeness (QED) is 0.0414. The molecule has 0 aliphatic carbocycles. The second kappa shape index (κ2) is 23.9. The first-order valence-electron chi connectivity index (χ1n) is 15.9. The van der Waals surface area contributed by atoms with Crippen LogP contribution in [0.2, 0.25) is 0 Å². The molecule has 0 spiro atoms. The summed E-state index contributed by atoms with van der Waals surface area (Å²) >= 11 is 0. The van der Waals surface area contributed by atoms with E-state index >= 15 is 0 Å². The number of rotatable bonds is 15. The van der Waals surface area contributed by atoms with E-state index in [4.69, 9.17) is 37.7 Å². The number of carbonyl (C=O) groups is 1. The van der Waals surface area contributed by atoms with Crippen molar-refractivity contribution in [3.8, 4) is 0 Å². The molecule has 0 saturated carbocycles. The summed E-state index contributed by atoms with van der Waals surface area (Å²) < 4.78 is 147. The molecular formula is C24H37Na3O30S3. The van der Waals surface area contributed by atoms with Crippen LogP contribution in [0.15, 0.2) is 0 Å². The molecule has 4 aliphatic heterocycles. The van der Waals surface area contributed by atoms with Crippen LogP contribution in [0.4, 0.5) is 0 Å². The van der Waals surface area contributed by atoms with Crippen molar-refractivity contribution in [3.63, 3.8) is 0 Å². The van der Waals surface area contributed by atoms with Crippen LogP contribution in [0.3, 0.4) is 0 Å². The first kappa shape index (κ1) is 59.5. The smallest absolute Gasteiger partial charge is 0.726 e. The molecular weight excluding hydrogens is 933 g/mol. The topological polar surface area (TPSA) is 483 Å². The predicted molar refractivity (Wildman–Crippen MR) is 158 cm³/mol. The Bertz CT molecular complexity index is 1710. The average molecular weight is 971 g/mol. The number of ether oxygens (including phenoxy) is 7. The molecule has 4 heterocycles. The molecule has 20 atom stereocenters. The van der Waals surface area contributed by atoms with Gasteiger partial charge in [0.25, 0.3) is 0 Å². The molecule has 0 radical (unpaired) electrons.